The van der Waals surface area contributed by atoms with E-state index in [0.717, 1.165) is 28.9 Å². The SMILES string of the molecule is S=C(Nc1ccccc1)N1N=C(c2ccccc2)C[C@H]1c1cccc(Cl)c1. The maximum Gasteiger partial charge on any atom is 0.194 e. The van der Waals surface area contributed by atoms with Gasteiger partial charge in [-0.05, 0) is 47.6 Å². The largest absolute Gasteiger partial charge is 0.331 e. The monoisotopic (exact) mass is 391 g/mol. The molecule has 134 valence electrons. The maximum atomic E-state index is 6.23. The van der Waals surface area contributed by atoms with Crippen molar-refractivity contribution in [2.45, 2.75) is 12.5 Å². The van der Waals surface area contributed by atoms with Crippen LogP contribution in [-0.4, -0.2) is 15.8 Å². The molecule has 5 heteroatoms. The standard InChI is InChI=1S/C22H18ClN3S/c23-18-11-7-10-17(14-18)21-15-20(16-8-3-1-4-9-16)25-26(21)22(27)24-19-12-5-2-6-13-19/h1-14,21H,15H2,(H,24,27)/t21-/m0/s1. The van der Waals surface area contributed by atoms with Gasteiger partial charge < -0.3 is 5.32 Å². The summed E-state index contributed by atoms with van der Waals surface area (Å²) in [6.07, 6.45) is 0.765. The van der Waals surface area contributed by atoms with Gasteiger partial charge in [0.1, 0.15) is 0 Å². The number of thiocarbonyl (C=S) groups is 1. The van der Waals surface area contributed by atoms with Gasteiger partial charge in [0.2, 0.25) is 0 Å². The van der Waals surface area contributed by atoms with Crippen molar-refractivity contribution in [2.24, 2.45) is 5.10 Å². The highest BCUT2D eigenvalue weighted by Crippen LogP contribution is 2.34. The Morgan fingerprint density at radius 1 is 0.963 bits per heavy atom. The molecule has 1 N–H and O–H groups in total. The molecule has 4 rings (SSSR count). The molecule has 0 aromatic heterocycles. The van der Waals surface area contributed by atoms with Crippen LogP contribution >= 0.6 is 23.8 Å². The first-order chi connectivity index (χ1) is 13.2. The van der Waals surface area contributed by atoms with Crippen LogP contribution in [-0.2, 0) is 0 Å². The Hall–Kier alpha value is -2.69. The smallest absolute Gasteiger partial charge is 0.194 e. The van der Waals surface area contributed by atoms with Gasteiger partial charge in [0, 0.05) is 17.1 Å². The lowest BCUT2D eigenvalue weighted by Gasteiger charge is -2.25. The molecule has 0 amide bonds. The highest BCUT2D eigenvalue weighted by atomic mass is 35.5. The first-order valence-corrected chi connectivity index (χ1v) is 9.53. The number of rotatable bonds is 3. The van der Waals surface area contributed by atoms with Gasteiger partial charge in [0.15, 0.2) is 5.11 Å². The molecule has 0 aliphatic carbocycles. The van der Waals surface area contributed by atoms with Gasteiger partial charge in [-0.2, -0.15) is 5.10 Å². The van der Waals surface area contributed by atoms with E-state index in [-0.39, 0.29) is 6.04 Å². The second kappa shape index (κ2) is 7.91. The molecule has 3 aromatic rings. The van der Waals surface area contributed by atoms with Gasteiger partial charge in [0.05, 0.1) is 11.8 Å². The predicted octanol–water partition coefficient (Wildman–Crippen LogP) is 5.89. The van der Waals surface area contributed by atoms with Gasteiger partial charge in [-0.1, -0.05) is 72.3 Å². The highest BCUT2D eigenvalue weighted by molar-refractivity contribution is 7.80. The molecular weight excluding hydrogens is 374 g/mol. The molecule has 0 radical (unpaired) electrons. The predicted molar refractivity (Wildman–Crippen MR) is 116 cm³/mol. The lowest BCUT2D eigenvalue weighted by Crippen LogP contribution is -2.31. The van der Waals surface area contributed by atoms with E-state index in [4.69, 9.17) is 28.9 Å². The fourth-order valence-corrected chi connectivity index (χ4v) is 3.66. The minimum Gasteiger partial charge on any atom is -0.331 e. The van der Waals surface area contributed by atoms with E-state index in [2.05, 4.69) is 23.5 Å². The average molecular weight is 392 g/mol. The molecule has 0 spiro atoms. The Balaban J connectivity index is 1.66. The zero-order chi connectivity index (χ0) is 18.6. The number of hydrogen-bond donors (Lipinski definition) is 1. The third-order valence-corrected chi connectivity index (χ3v) is 5.01. The molecule has 27 heavy (non-hydrogen) atoms. The van der Waals surface area contributed by atoms with Gasteiger partial charge in [-0.15, -0.1) is 0 Å². The number of nitrogens with zero attached hydrogens (tertiary/aromatic N) is 2. The number of halogens is 1. The van der Waals surface area contributed by atoms with Crippen LogP contribution in [0.4, 0.5) is 5.69 Å². The van der Waals surface area contributed by atoms with E-state index in [1.54, 1.807) is 0 Å². The molecule has 0 fully saturated rings. The van der Waals surface area contributed by atoms with E-state index in [9.17, 15) is 0 Å². The van der Waals surface area contributed by atoms with E-state index in [1.807, 2.05) is 71.7 Å². The van der Waals surface area contributed by atoms with Crippen LogP contribution < -0.4 is 5.32 Å². The van der Waals surface area contributed by atoms with E-state index >= 15 is 0 Å². The first kappa shape index (κ1) is 17.7. The van der Waals surface area contributed by atoms with E-state index in [1.165, 1.54) is 0 Å². The summed E-state index contributed by atoms with van der Waals surface area (Å²) in [5.74, 6) is 0. The number of hydrogen-bond acceptors (Lipinski definition) is 2. The van der Waals surface area contributed by atoms with Crippen LogP contribution in [0.25, 0.3) is 0 Å². The number of para-hydroxylation sites is 1. The second-order valence-corrected chi connectivity index (χ2v) is 7.15. The van der Waals surface area contributed by atoms with Crippen molar-refractivity contribution in [2.75, 3.05) is 5.32 Å². The highest BCUT2D eigenvalue weighted by Gasteiger charge is 2.31. The average Bonchev–Trinajstić information content (AvgIpc) is 3.15. The summed E-state index contributed by atoms with van der Waals surface area (Å²) in [7, 11) is 0. The second-order valence-electron chi connectivity index (χ2n) is 6.33. The molecule has 0 saturated heterocycles. The molecule has 3 nitrogen and oxygen atoms in total. The molecule has 1 aliphatic heterocycles. The van der Waals surface area contributed by atoms with Crippen LogP contribution in [0, 0.1) is 0 Å². The third-order valence-electron chi connectivity index (χ3n) is 4.48. The Kier molecular flexibility index (Phi) is 5.19. The molecule has 0 bridgehead atoms. The molecule has 1 aliphatic rings. The van der Waals surface area contributed by atoms with Crippen molar-refractivity contribution in [1.29, 1.82) is 0 Å². The van der Waals surface area contributed by atoms with Gasteiger partial charge >= 0.3 is 0 Å². The number of nitrogens with one attached hydrogen (secondary N) is 1. The Morgan fingerprint density at radius 2 is 1.67 bits per heavy atom. The fourth-order valence-electron chi connectivity index (χ4n) is 3.18. The van der Waals surface area contributed by atoms with Crippen molar-refractivity contribution < 1.29 is 0 Å². The lowest BCUT2D eigenvalue weighted by molar-refractivity contribution is 0.375. The van der Waals surface area contributed by atoms with E-state index in [0.29, 0.717) is 10.1 Å². The fraction of sp³-hybridized carbons (Fsp3) is 0.0909. The Labute approximate surface area is 169 Å². The van der Waals surface area contributed by atoms with Crippen LogP contribution in [0.15, 0.2) is 90.0 Å². The van der Waals surface area contributed by atoms with Crippen molar-refractivity contribution >= 4 is 40.3 Å². The normalized spacial score (nSPS) is 16.1. The molecule has 0 unspecified atom stereocenters. The van der Waals surface area contributed by atoms with E-state index < -0.39 is 0 Å². The van der Waals surface area contributed by atoms with Gasteiger partial charge in [-0.25, -0.2) is 5.01 Å². The summed E-state index contributed by atoms with van der Waals surface area (Å²) in [5, 5.41) is 11.3. The quantitative estimate of drug-likeness (QED) is 0.564. The summed E-state index contributed by atoms with van der Waals surface area (Å²) in [6, 6.07) is 28.0. The van der Waals surface area contributed by atoms with Crippen LogP contribution in [0.1, 0.15) is 23.6 Å². The molecule has 1 heterocycles. The van der Waals surface area contributed by atoms with Crippen LogP contribution in [0.3, 0.4) is 0 Å². The molecular formula is C22H18ClN3S. The number of hydrazone groups is 1. The summed E-state index contributed by atoms with van der Waals surface area (Å²) >= 11 is 11.9. The number of anilines is 1. The number of benzene rings is 3. The van der Waals surface area contributed by atoms with Crippen molar-refractivity contribution in [3.05, 3.63) is 101 Å². The topological polar surface area (TPSA) is 27.6 Å². The van der Waals surface area contributed by atoms with Crippen molar-refractivity contribution in [1.82, 2.24) is 5.01 Å². The minimum absolute atomic E-state index is 0.00242. The maximum absolute atomic E-state index is 6.23. The zero-order valence-corrected chi connectivity index (χ0v) is 16.1. The molecule has 1 atom stereocenters. The van der Waals surface area contributed by atoms with Crippen LogP contribution in [0.5, 0.6) is 0 Å². The van der Waals surface area contributed by atoms with Gasteiger partial charge in [-0.3, -0.25) is 0 Å². The Bertz CT molecular complexity index is 973. The molecule has 0 saturated carbocycles. The summed E-state index contributed by atoms with van der Waals surface area (Å²) in [6.45, 7) is 0. The zero-order valence-electron chi connectivity index (χ0n) is 14.5. The summed E-state index contributed by atoms with van der Waals surface area (Å²) < 4.78 is 0. The van der Waals surface area contributed by atoms with Crippen LogP contribution in [0.2, 0.25) is 5.02 Å². The molecule has 3 aromatic carbocycles. The lowest BCUT2D eigenvalue weighted by atomic mass is 9.98. The van der Waals surface area contributed by atoms with Crippen molar-refractivity contribution in [3.63, 3.8) is 0 Å². The minimum atomic E-state index is 0.00242. The van der Waals surface area contributed by atoms with Gasteiger partial charge in [0.25, 0.3) is 0 Å². The Morgan fingerprint density at radius 3 is 2.37 bits per heavy atom. The summed E-state index contributed by atoms with van der Waals surface area (Å²) in [4.78, 5) is 0. The van der Waals surface area contributed by atoms with Crippen molar-refractivity contribution in [3.8, 4) is 0 Å². The first-order valence-electron chi connectivity index (χ1n) is 8.74. The summed E-state index contributed by atoms with van der Waals surface area (Å²) in [5.41, 5.74) is 4.15. The third kappa shape index (κ3) is 4.02.